The fourth-order valence-corrected chi connectivity index (χ4v) is 9.18. The van der Waals surface area contributed by atoms with Gasteiger partial charge in [-0.2, -0.15) is 8.42 Å². The summed E-state index contributed by atoms with van der Waals surface area (Å²) in [6, 6.07) is 0. The molecule has 0 radical (unpaired) electrons. The fourth-order valence-electron chi connectivity index (χ4n) is 8.49. The van der Waals surface area contributed by atoms with Gasteiger partial charge in [0.2, 0.25) is 0 Å². The van der Waals surface area contributed by atoms with Crippen LogP contribution in [0.2, 0.25) is 0 Å². The normalized spacial score (nSPS) is 19.4. The molecule has 0 aliphatic carbocycles. The summed E-state index contributed by atoms with van der Waals surface area (Å²) in [7, 11) is -4.61. The van der Waals surface area contributed by atoms with E-state index in [0.29, 0.717) is 12.8 Å². The summed E-state index contributed by atoms with van der Waals surface area (Å²) in [6.45, 7) is 3.79. The summed E-state index contributed by atoms with van der Waals surface area (Å²) in [5.74, 6) is -1.98. The van der Waals surface area contributed by atoms with Crippen molar-refractivity contribution in [3.63, 3.8) is 0 Å². The summed E-state index contributed by atoms with van der Waals surface area (Å²) in [4.78, 5) is 25.6. The second-order valence-corrected chi connectivity index (χ2v) is 20.7. The first-order valence-corrected chi connectivity index (χ1v) is 29.0. The average Bonchev–Trinajstić information content (AvgIpc) is 3.30. The maximum atomic E-state index is 12.9. The van der Waals surface area contributed by atoms with Crippen molar-refractivity contribution in [3.8, 4) is 0 Å². The zero-order valence-electron chi connectivity index (χ0n) is 42.5. The summed E-state index contributed by atoms with van der Waals surface area (Å²) in [5.41, 5.74) is 0. The van der Waals surface area contributed by atoms with Crippen LogP contribution >= 0.6 is 0 Å². The van der Waals surface area contributed by atoms with E-state index >= 15 is 0 Å². The first-order chi connectivity index (χ1) is 32.5. The van der Waals surface area contributed by atoms with Gasteiger partial charge in [0.15, 0.2) is 12.4 Å². The van der Waals surface area contributed by atoms with Crippen LogP contribution in [0.3, 0.4) is 0 Å². The van der Waals surface area contributed by atoms with Crippen molar-refractivity contribution in [3.05, 3.63) is 24.3 Å². The van der Waals surface area contributed by atoms with Crippen molar-refractivity contribution in [2.24, 2.45) is 0 Å². The van der Waals surface area contributed by atoms with Crippen LogP contribution < -0.4 is 0 Å². The molecule has 1 aliphatic rings. The molecule has 0 bridgehead atoms. The molecule has 67 heavy (non-hydrogen) atoms. The highest BCUT2D eigenvalue weighted by Crippen LogP contribution is 2.24. The Labute approximate surface area is 408 Å². The number of ether oxygens (including phenoxy) is 4. The van der Waals surface area contributed by atoms with Crippen molar-refractivity contribution in [2.75, 3.05) is 19.0 Å². The van der Waals surface area contributed by atoms with Crippen molar-refractivity contribution < 1.29 is 56.8 Å². The van der Waals surface area contributed by atoms with Gasteiger partial charge in [-0.05, 0) is 64.2 Å². The Morgan fingerprint density at radius 3 is 1.24 bits per heavy atom. The molecule has 12 nitrogen and oxygen atoms in total. The van der Waals surface area contributed by atoms with Gasteiger partial charge >= 0.3 is 11.9 Å². The summed E-state index contributed by atoms with van der Waals surface area (Å²) in [6.07, 6.45) is 42.2. The largest absolute Gasteiger partial charge is 0.462 e. The van der Waals surface area contributed by atoms with Crippen LogP contribution in [-0.2, 0) is 38.7 Å². The Hall–Kier alpha value is -1.87. The summed E-state index contributed by atoms with van der Waals surface area (Å²) < 4.78 is 54.3. The molecule has 0 saturated carbocycles. The van der Waals surface area contributed by atoms with Crippen molar-refractivity contribution >= 4 is 22.1 Å². The number of carbonyl (C=O) groups is 2. The Kier molecular flexibility index (Phi) is 41.6. The lowest BCUT2D eigenvalue weighted by Crippen LogP contribution is -2.60. The van der Waals surface area contributed by atoms with Crippen LogP contribution in [0.25, 0.3) is 0 Å². The van der Waals surface area contributed by atoms with E-state index in [1.807, 2.05) is 0 Å². The molecule has 1 heterocycles. The second-order valence-electron chi connectivity index (χ2n) is 19.2. The van der Waals surface area contributed by atoms with Crippen LogP contribution in [0.5, 0.6) is 0 Å². The summed E-state index contributed by atoms with van der Waals surface area (Å²) >= 11 is 0. The van der Waals surface area contributed by atoms with Crippen LogP contribution in [0.1, 0.15) is 251 Å². The molecule has 1 saturated heterocycles. The zero-order valence-corrected chi connectivity index (χ0v) is 43.3. The van der Waals surface area contributed by atoms with Crippen LogP contribution in [0, 0.1) is 0 Å². The quantitative estimate of drug-likeness (QED) is 0.0196. The number of carbonyl (C=O) groups excluding carboxylic acids is 2. The molecule has 0 amide bonds. The van der Waals surface area contributed by atoms with E-state index in [1.54, 1.807) is 0 Å². The third-order valence-corrected chi connectivity index (χ3v) is 13.5. The highest BCUT2D eigenvalue weighted by molar-refractivity contribution is 7.85. The van der Waals surface area contributed by atoms with E-state index < -0.39 is 71.2 Å². The van der Waals surface area contributed by atoms with Gasteiger partial charge in [-0.1, -0.05) is 199 Å². The molecule has 4 N–H and O–H groups in total. The molecule has 0 aromatic heterocycles. The van der Waals surface area contributed by atoms with Gasteiger partial charge in [0.1, 0.15) is 36.8 Å². The molecular formula is C54H100O12S. The second kappa shape index (κ2) is 44.1. The van der Waals surface area contributed by atoms with Gasteiger partial charge in [0.05, 0.1) is 6.61 Å². The minimum atomic E-state index is -4.61. The maximum absolute atomic E-state index is 12.9. The van der Waals surface area contributed by atoms with Crippen molar-refractivity contribution in [2.45, 2.75) is 288 Å². The first-order valence-electron chi connectivity index (χ1n) is 27.4. The Balaban J connectivity index is 2.33. The SMILES string of the molecule is CCCCCCCCC/C=C\CCCCCCCC(=O)OCC(COC1OC(CS(=O)(=O)O)C(O)C(O)C1O)OC(=O)CCCCCCCCCCCCC/C=C\CCCCCCCCCC. The predicted octanol–water partition coefficient (Wildman–Crippen LogP) is 12.7. The van der Waals surface area contributed by atoms with E-state index in [1.165, 1.54) is 154 Å². The van der Waals surface area contributed by atoms with Gasteiger partial charge in [0.25, 0.3) is 10.1 Å². The Morgan fingerprint density at radius 1 is 0.493 bits per heavy atom. The molecule has 1 rings (SSSR count). The minimum absolute atomic E-state index is 0.164. The number of aliphatic hydroxyl groups is 3. The molecule has 1 fully saturated rings. The molecule has 6 unspecified atom stereocenters. The monoisotopic (exact) mass is 973 g/mol. The predicted molar refractivity (Wildman–Crippen MR) is 270 cm³/mol. The molecule has 0 aromatic rings. The molecule has 0 spiro atoms. The van der Waals surface area contributed by atoms with Crippen molar-refractivity contribution in [1.29, 1.82) is 0 Å². The molecule has 6 atom stereocenters. The molecule has 0 aromatic carbocycles. The van der Waals surface area contributed by atoms with Gasteiger partial charge in [-0.25, -0.2) is 0 Å². The highest BCUT2D eigenvalue weighted by atomic mass is 32.2. The molecule has 13 heteroatoms. The zero-order chi connectivity index (χ0) is 49.1. The van der Waals surface area contributed by atoms with Crippen molar-refractivity contribution in [1.82, 2.24) is 0 Å². The topological polar surface area (TPSA) is 186 Å². The standard InChI is InChI=1S/C54H100O12S/c1-3-5-7-9-11-13-15-17-19-21-22-23-24-25-26-27-29-31-33-35-37-39-41-43-50(56)65-47(45-64-54-53(59)52(58)51(57)48(66-54)46-67(60,61)62)44-63-49(55)42-40-38-36-34-32-30-28-20-18-16-14-12-10-8-6-4-2/h20-22,28,47-48,51-54,57-59H,3-19,23-27,29-46H2,1-2H3,(H,60,61,62)/b22-21-,28-20-. The number of allylic oxidation sites excluding steroid dienone is 4. The fraction of sp³-hybridized carbons (Fsp3) is 0.889. The van der Waals surface area contributed by atoms with Gasteiger partial charge in [0, 0.05) is 12.8 Å². The smallest absolute Gasteiger partial charge is 0.306 e. The average molecular weight is 973 g/mol. The van der Waals surface area contributed by atoms with Crippen LogP contribution in [0.4, 0.5) is 0 Å². The molecule has 394 valence electrons. The number of unbranched alkanes of at least 4 members (excludes halogenated alkanes) is 31. The lowest BCUT2D eigenvalue weighted by molar-refractivity contribution is -0.297. The van der Waals surface area contributed by atoms with E-state index in [4.69, 9.17) is 18.9 Å². The van der Waals surface area contributed by atoms with Crippen LogP contribution in [0.15, 0.2) is 24.3 Å². The van der Waals surface area contributed by atoms with Gasteiger partial charge < -0.3 is 34.3 Å². The first kappa shape index (κ1) is 63.1. The van der Waals surface area contributed by atoms with Gasteiger partial charge in [-0.3, -0.25) is 14.1 Å². The highest BCUT2D eigenvalue weighted by Gasteiger charge is 2.46. The lowest BCUT2D eigenvalue weighted by atomic mass is 10.00. The Bertz CT molecular complexity index is 1320. The third kappa shape index (κ3) is 38.6. The Morgan fingerprint density at radius 2 is 0.851 bits per heavy atom. The van der Waals surface area contributed by atoms with E-state index in [-0.39, 0.29) is 19.4 Å². The maximum Gasteiger partial charge on any atom is 0.306 e. The lowest BCUT2D eigenvalue weighted by Gasteiger charge is -2.40. The van der Waals surface area contributed by atoms with E-state index in [2.05, 4.69) is 38.2 Å². The number of rotatable bonds is 47. The summed E-state index contributed by atoms with van der Waals surface area (Å²) in [5, 5.41) is 31.0. The third-order valence-electron chi connectivity index (χ3n) is 12.8. The van der Waals surface area contributed by atoms with E-state index in [0.717, 1.165) is 57.8 Å². The number of hydrogen-bond acceptors (Lipinski definition) is 11. The number of aliphatic hydroxyl groups excluding tert-OH is 3. The minimum Gasteiger partial charge on any atom is -0.462 e. The van der Waals surface area contributed by atoms with Gasteiger partial charge in [-0.15, -0.1) is 0 Å². The number of hydrogen-bond donors (Lipinski definition) is 4. The van der Waals surface area contributed by atoms with Crippen LogP contribution in [-0.4, -0.2) is 96.0 Å². The molecular weight excluding hydrogens is 873 g/mol. The molecule has 1 aliphatic heterocycles. The number of esters is 2. The van der Waals surface area contributed by atoms with E-state index in [9.17, 15) is 37.9 Å².